The number of hydrogen-bond acceptors (Lipinski definition) is 5. The predicted octanol–water partition coefficient (Wildman–Crippen LogP) is 2.39. The molecule has 1 aliphatic heterocycles. The van der Waals surface area contributed by atoms with Crippen molar-refractivity contribution in [2.24, 2.45) is 5.73 Å². The van der Waals surface area contributed by atoms with Gasteiger partial charge in [0.1, 0.15) is 0 Å². The minimum Gasteiger partial charge on any atom is -0.339 e. The Balaban J connectivity index is 0.00000156. The molecule has 6 nitrogen and oxygen atoms in total. The van der Waals surface area contributed by atoms with Gasteiger partial charge >= 0.3 is 0 Å². The van der Waals surface area contributed by atoms with Gasteiger partial charge in [-0.3, -0.25) is 4.79 Å². The van der Waals surface area contributed by atoms with Crippen molar-refractivity contribution in [3.8, 4) is 0 Å². The highest BCUT2D eigenvalue weighted by molar-refractivity contribution is 6.06. The highest BCUT2D eigenvalue weighted by atomic mass is 35.5. The Bertz CT molecular complexity index is 733. The van der Waals surface area contributed by atoms with E-state index in [9.17, 15) is 4.79 Å². The third kappa shape index (κ3) is 2.93. The second kappa shape index (κ2) is 6.09. The first-order valence-corrected chi connectivity index (χ1v) is 7.95. The molecule has 2 N–H and O–H groups in total. The maximum Gasteiger partial charge on any atom is 0.259 e. The van der Waals surface area contributed by atoms with Crippen molar-refractivity contribution in [3.05, 3.63) is 23.0 Å². The Morgan fingerprint density at radius 2 is 2.00 bits per heavy atom. The number of fused-ring (bicyclic) bond motifs is 1. The van der Waals surface area contributed by atoms with Gasteiger partial charge in [0, 0.05) is 30.7 Å². The van der Waals surface area contributed by atoms with Crippen molar-refractivity contribution in [1.82, 2.24) is 15.0 Å². The summed E-state index contributed by atoms with van der Waals surface area (Å²) in [4.78, 5) is 19.4. The Kier molecular flexibility index (Phi) is 4.29. The summed E-state index contributed by atoms with van der Waals surface area (Å²) in [6.45, 7) is 3.28. The largest absolute Gasteiger partial charge is 0.339 e. The number of hydrogen-bond donors (Lipinski definition) is 1. The Morgan fingerprint density at radius 3 is 2.65 bits per heavy atom. The monoisotopic (exact) mass is 336 g/mol. The second-order valence-corrected chi connectivity index (χ2v) is 6.45. The number of aryl methyl sites for hydroxylation is 1. The van der Waals surface area contributed by atoms with Crippen LogP contribution < -0.4 is 5.73 Å². The van der Waals surface area contributed by atoms with Crippen LogP contribution in [0.3, 0.4) is 0 Å². The number of carbonyl (C=O) groups is 1. The van der Waals surface area contributed by atoms with Crippen LogP contribution in [-0.2, 0) is 0 Å². The Hall–Kier alpha value is -1.66. The van der Waals surface area contributed by atoms with E-state index in [1.54, 1.807) is 0 Å². The van der Waals surface area contributed by atoms with Gasteiger partial charge in [-0.05, 0) is 38.7 Å². The molecule has 0 bridgehead atoms. The van der Waals surface area contributed by atoms with Gasteiger partial charge < -0.3 is 15.2 Å². The van der Waals surface area contributed by atoms with Gasteiger partial charge in [0.15, 0.2) is 0 Å². The fourth-order valence-corrected chi connectivity index (χ4v) is 3.14. The zero-order chi connectivity index (χ0) is 15.3. The van der Waals surface area contributed by atoms with E-state index in [1.165, 1.54) is 0 Å². The van der Waals surface area contributed by atoms with E-state index in [0.29, 0.717) is 30.3 Å². The van der Waals surface area contributed by atoms with Gasteiger partial charge in [-0.15, -0.1) is 12.4 Å². The number of likely N-dealkylation sites (tertiary alicyclic amines) is 1. The quantitative estimate of drug-likeness (QED) is 0.910. The molecule has 1 aliphatic carbocycles. The van der Waals surface area contributed by atoms with E-state index in [2.05, 4.69) is 10.1 Å². The lowest BCUT2D eigenvalue weighted by molar-refractivity contribution is 0.0716. The van der Waals surface area contributed by atoms with Crippen LogP contribution in [0, 0.1) is 6.92 Å². The summed E-state index contributed by atoms with van der Waals surface area (Å²) < 4.78 is 5.31. The zero-order valence-electron chi connectivity index (χ0n) is 13.1. The van der Waals surface area contributed by atoms with E-state index in [0.717, 1.165) is 42.5 Å². The van der Waals surface area contributed by atoms with Crippen LogP contribution in [0.15, 0.2) is 10.6 Å². The molecule has 4 rings (SSSR count). The van der Waals surface area contributed by atoms with E-state index >= 15 is 0 Å². The number of halogens is 1. The van der Waals surface area contributed by atoms with Crippen LogP contribution in [0.25, 0.3) is 11.1 Å². The van der Waals surface area contributed by atoms with Crippen LogP contribution in [0.5, 0.6) is 0 Å². The third-order valence-corrected chi connectivity index (χ3v) is 4.69. The first kappa shape index (κ1) is 16.2. The molecule has 2 aromatic heterocycles. The fourth-order valence-electron chi connectivity index (χ4n) is 3.14. The van der Waals surface area contributed by atoms with Crippen molar-refractivity contribution in [2.45, 2.75) is 44.6 Å². The average molecular weight is 337 g/mol. The molecule has 1 saturated heterocycles. The van der Waals surface area contributed by atoms with Gasteiger partial charge in [-0.2, -0.15) is 0 Å². The van der Waals surface area contributed by atoms with E-state index in [-0.39, 0.29) is 24.4 Å². The molecule has 0 spiro atoms. The molecule has 3 heterocycles. The van der Waals surface area contributed by atoms with Gasteiger partial charge in [0.05, 0.1) is 16.6 Å². The van der Waals surface area contributed by atoms with Gasteiger partial charge in [0.25, 0.3) is 11.6 Å². The fraction of sp³-hybridized carbons (Fsp3) is 0.562. The smallest absolute Gasteiger partial charge is 0.259 e. The lowest BCUT2D eigenvalue weighted by Crippen LogP contribution is -2.42. The standard InChI is InChI=1S/C16H20N4O2.ClH/c1-9-14-12(16(21)20-6-4-11(17)5-7-20)8-13(10-2-3-10)18-15(14)22-19-9;/h8,10-11H,2-7,17H2,1H3;1H. The summed E-state index contributed by atoms with van der Waals surface area (Å²) in [5, 5.41) is 4.74. The lowest BCUT2D eigenvalue weighted by Gasteiger charge is -2.30. The molecule has 1 amide bonds. The zero-order valence-corrected chi connectivity index (χ0v) is 13.9. The number of nitrogens with two attached hydrogens (primary N) is 1. The highest BCUT2D eigenvalue weighted by Gasteiger charge is 2.30. The average Bonchev–Trinajstić information content (AvgIpc) is 3.31. The summed E-state index contributed by atoms with van der Waals surface area (Å²) in [6, 6.07) is 2.15. The summed E-state index contributed by atoms with van der Waals surface area (Å²) in [6.07, 6.45) is 3.99. The van der Waals surface area contributed by atoms with Gasteiger partial charge in [-0.25, -0.2) is 4.98 Å². The number of pyridine rings is 1. The summed E-state index contributed by atoms with van der Waals surface area (Å²) in [5.41, 5.74) is 8.78. The lowest BCUT2D eigenvalue weighted by atomic mass is 10.0. The van der Waals surface area contributed by atoms with E-state index < -0.39 is 0 Å². The second-order valence-electron chi connectivity index (χ2n) is 6.45. The van der Waals surface area contributed by atoms with Crippen molar-refractivity contribution >= 4 is 29.4 Å². The maximum atomic E-state index is 13.0. The van der Waals surface area contributed by atoms with Crippen LogP contribution in [-0.4, -0.2) is 40.1 Å². The van der Waals surface area contributed by atoms with Crippen LogP contribution in [0.2, 0.25) is 0 Å². The first-order chi connectivity index (χ1) is 10.6. The van der Waals surface area contributed by atoms with Crippen molar-refractivity contribution in [1.29, 1.82) is 0 Å². The van der Waals surface area contributed by atoms with Crippen molar-refractivity contribution < 1.29 is 9.32 Å². The topological polar surface area (TPSA) is 85.2 Å². The minimum atomic E-state index is 0. The summed E-state index contributed by atoms with van der Waals surface area (Å²) in [7, 11) is 0. The van der Waals surface area contributed by atoms with Gasteiger partial charge in [-0.1, -0.05) is 5.16 Å². The molecule has 0 atom stereocenters. The van der Waals surface area contributed by atoms with Gasteiger partial charge in [0.2, 0.25) is 0 Å². The van der Waals surface area contributed by atoms with Crippen molar-refractivity contribution in [3.63, 3.8) is 0 Å². The molecular formula is C16H21ClN4O2. The molecule has 1 saturated carbocycles. The molecule has 0 radical (unpaired) electrons. The first-order valence-electron chi connectivity index (χ1n) is 7.95. The molecule has 7 heteroatoms. The Morgan fingerprint density at radius 1 is 1.30 bits per heavy atom. The highest BCUT2D eigenvalue weighted by Crippen LogP contribution is 2.40. The molecule has 2 aromatic rings. The normalized spacial score (nSPS) is 19.0. The van der Waals surface area contributed by atoms with E-state index in [4.69, 9.17) is 10.3 Å². The molecule has 2 fully saturated rings. The number of nitrogens with zero attached hydrogens (tertiary/aromatic N) is 3. The molecule has 0 aromatic carbocycles. The maximum absolute atomic E-state index is 13.0. The molecular weight excluding hydrogens is 316 g/mol. The number of aromatic nitrogens is 2. The van der Waals surface area contributed by atoms with Crippen molar-refractivity contribution in [2.75, 3.05) is 13.1 Å². The summed E-state index contributed by atoms with van der Waals surface area (Å²) in [5.74, 6) is 0.517. The van der Waals surface area contributed by atoms with Crippen LogP contribution >= 0.6 is 12.4 Å². The Labute approximate surface area is 140 Å². The summed E-state index contributed by atoms with van der Waals surface area (Å²) >= 11 is 0. The van der Waals surface area contributed by atoms with Crippen LogP contribution in [0.1, 0.15) is 53.3 Å². The number of amides is 1. The number of carbonyl (C=O) groups excluding carboxylic acids is 1. The molecule has 2 aliphatic rings. The molecule has 23 heavy (non-hydrogen) atoms. The van der Waals surface area contributed by atoms with Crippen LogP contribution in [0.4, 0.5) is 0 Å². The number of rotatable bonds is 2. The molecule has 124 valence electrons. The predicted molar refractivity (Wildman–Crippen MR) is 88.9 cm³/mol. The number of piperidine rings is 1. The van der Waals surface area contributed by atoms with E-state index in [1.807, 2.05) is 17.9 Å². The SMILES string of the molecule is Cc1noc2nc(C3CC3)cc(C(=O)N3CCC(N)CC3)c12.Cl. The third-order valence-electron chi connectivity index (χ3n) is 4.69. The minimum absolute atomic E-state index is 0. The molecule has 0 unspecified atom stereocenters.